The van der Waals surface area contributed by atoms with Crippen molar-refractivity contribution in [2.75, 3.05) is 31.7 Å². The number of thioether (sulfide) groups is 1. The molecular formula is C18H26N2O3S. The molecule has 0 aliphatic carbocycles. The van der Waals surface area contributed by atoms with Crippen LogP contribution < -0.4 is 5.32 Å². The van der Waals surface area contributed by atoms with Gasteiger partial charge in [0.05, 0.1) is 18.8 Å². The maximum atomic E-state index is 12.7. The van der Waals surface area contributed by atoms with Crippen LogP contribution in [0.25, 0.3) is 0 Å². The summed E-state index contributed by atoms with van der Waals surface area (Å²) in [5.41, 5.74) is 1.71. The first kappa shape index (κ1) is 18.8. The minimum Gasteiger partial charge on any atom is -0.372 e. The van der Waals surface area contributed by atoms with Gasteiger partial charge < -0.3 is 15.0 Å². The molecule has 24 heavy (non-hydrogen) atoms. The van der Waals surface area contributed by atoms with Gasteiger partial charge >= 0.3 is 0 Å². The lowest BCUT2D eigenvalue weighted by molar-refractivity contribution is -0.123. The van der Waals surface area contributed by atoms with Crippen molar-refractivity contribution in [3.63, 3.8) is 0 Å². The van der Waals surface area contributed by atoms with Crippen LogP contribution in [0.4, 0.5) is 0 Å². The van der Waals surface area contributed by atoms with Gasteiger partial charge in [-0.25, -0.2) is 0 Å². The lowest BCUT2D eigenvalue weighted by Crippen LogP contribution is -2.53. The quantitative estimate of drug-likeness (QED) is 0.853. The summed E-state index contributed by atoms with van der Waals surface area (Å²) in [7, 11) is 0. The van der Waals surface area contributed by atoms with Crippen LogP contribution in [0.5, 0.6) is 0 Å². The van der Waals surface area contributed by atoms with Gasteiger partial charge in [0.25, 0.3) is 5.91 Å². The number of aryl methyl sites for hydroxylation is 1. The summed E-state index contributed by atoms with van der Waals surface area (Å²) in [6.07, 6.45) is 2.31. The lowest BCUT2D eigenvalue weighted by atomic mass is 10.1. The summed E-state index contributed by atoms with van der Waals surface area (Å²) in [5, 5.41) is 2.98. The summed E-state index contributed by atoms with van der Waals surface area (Å²) in [6, 6.07) is 7.50. The molecule has 0 radical (unpaired) electrons. The molecule has 2 amide bonds. The van der Waals surface area contributed by atoms with E-state index >= 15 is 0 Å². The van der Waals surface area contributed by atoms with Crippen LogP contribution in [0.3, 0.4) is 0 Å². The molecule has 0 bridgehead atoms. The number of ether oxygens (including phenoxy) is 1. The first-order chi connectivity index (χ1) is 11.5. The maximum absolute atomic E-state index is 12.7. The van der Waals surface area contributed by atoms with Gasteiger partial charge in [0, 0.05) is 30.8 Å². The molecule has 1 aliphatic heterocycles. The maximum Gasteiger partial charge on any atom is 0.254 e. The third-order valence-electron chi connectivity index (χ3n) is 4.24. The summed E-state index contributed by atoms with van der Waals surface area (Å²) >= 11 is 1.65. The molecule has 2 unspecified atom stereocenters. The smallest absolute Gasteiger partial charge is 0.254 e. The van der Waals surface area contributed by atoms with E-state index in [2.05, 4.69) is 5.32 Å². The number of rotatable bonds is 6. The number of hydrogen-bond acceptors (Lipinski definition) is 4. The topological polar surface area (TPSA) is 58.6 Å². The summed E-state index contributed by atoms with van der Waals surface area (Å²) in [4.78, 5) is 26.4. The van der Waals surface area contributed by atoms with Crippen molar-refractivity contribution in [2.45, 2.75) is 32.4 Å². The molecule has 0 saturated carbocycles. The number of hydrogen-bond donors (Lipinski definition) is 1. The predicted molar refractivity (Wildman–Crippen MR) is 97.4 cm³/mol. The Bertz CT molecular complexity index is 579. The molecule has 2 atom stereocenters. The van der Waals surface area contributed by atoms with E-state index in [0.717, 1.165) is 16.9 Å². The summed E-state index contributed by atoms with van der Waals surface area (Å²) < 4.78 is 5.78. The van der Waals surface area contributed by atoms with E-state index in [-0.39, 0.29) is 24.0 Å². The highest BCUT2D eigenvalue weighted by Crippen LogP contribution is 2.15. The van der Waals surface area contributed by atoms with Gasteiger partial charge in [-0.2, -0.15) is 11.8 Å². The van der Waals surface area contributed by atoms with Crippen molar-refractivity contribution in [1.29, 1.82) is 0 Å². The van der Waals surface area contributed by atoms with Crippen molar-refractivity contribution in [3.8, 4) is 0 Å². The van der Waals surface area contributed by atoms with E-state index in [9.17, 15) is 9.59 Å². The Hall–Kier alpha value is -1.53. The second-order valence-electron chi connectivity index (χ2n) is 6.07. The van der Waals surface area contributed by atoms with E-state index in [0.29, 0.717) is 26.1 Å². The fraction of sp³-hybridized carbons (Fsp3) is 0.556. The van der Waals surface area contributed by atoms with Crippen molar-refractivity contribution in [1.82, 2.24) is 10.2 Å². The number of amides is 2. The largest absolute Gasteiger partial charge is 0.372 e. The van der Waals surface area contributed by atoms with Crippen LogP contribution in [0.2, 0.25) is 0 Å². The molecule has 132 valence electrons. The zero-order valence-electron chi connectivity index (χ0n) is 14.6. The van der Waals surface area contributed by atoms with Crippen LogP contribution in [0.15, 0.2) is 24.3 Å². The first-order valence-corrected chi connectivity index (χ1v) is 9.67. The van der Waals surface area contributed by atoms with Crippen LogP contribution in [0, 0.1) is 6.92 Å². The Balaban J connectivity index is 1.95. The summed E-state index contributed by atoms with van der Waals surface area (Å²) in [6.45, 7) is 5.45. The molecule has 2 rings (SSSR count). The van der Waals surface area contributed by atoms with Crippen molar-refractivity contribution < 1.29 is 14.3 Å². The second kappa shape index (κ2) is 9.08. The van der Waals surface area contributed by atoms with Crippen LogP contribution >= 0.6 is 11.8 Å². The third kappa shape index (κ3) is 4.98. The van der Waals surface area contributed by atoms with E-state index in [4.69, 9.17) is 4.74 Å². The Labute approximate surface area is 148 Å². The van der Waals surface area contributed by atoms with Crippen molar-refractivity contribution >= 4 is 23.6 Å². The van der Waals surface area contributed by atoms with E-state index in [1.54, 1.807) is 11.8 Å². The monoisotopic (exact) mass is 350 g/mol. The number of morpholine rings is 1. The van der Waals surface area contributed by atoms with Crippen molar-refractivity contribution in [3.05, 3.63) is 35.4 Å². The molecule has 1 fully saturated rings. The van der Waals surface area contributed by atoms with Gasteiger partial charge in [0.15, 0.2) is 0 Å². The number of nitrogens with zero attached hydrogens (tertiary/aromatic N) is 1. The average molecular weight is 350 g/mol. The molecule has 1 heterocycles. The fourth-order valence-corrected chi connectivity index (χ4v) is 3.15. The molecule has 1 aromatic rings. The Morgan fingerprint density at radius 2 is 2.17 bits per heavy atom. The standard InChI is InChI=1S/C18H26N2O3S/c1-13-6-4-5-7-15(13)18(22)20-9-10-23-16(12-20)14(2)19-17(21)8-11-24-3/h4-7,14,16H,8-12H2,1-3H3,(H,19,21). The van der Waals surface area contributed by atoms with Crippen molar-refractivity contribution in [2.24, 2.45) is 0 Å². The molecule has 0 spiro atoms. The lowest BCUT2D eigenvalue weighted by Gasteiger charge is -2.36. The highest BCUT2D eigenvalue weighted by Gasteiger charge is 2.29. The number of carbonyl (C=O) groups excluding carboxylic acids is 2. The highest BCUT2D eigenvalue weighted by molar-refractivity contribution is 7.98. The highest BCUT2D eigenvalue weighted by atomic mass is 32.2. The van der Waals surface area contributed by atoms with Gasteiger partial charge in [0.1, 0.15) is 0 Å². The Kier molecular flexibility index (Phi) is 7.12. The number of nitrogens with one attached hydrogen (secondary N) is 1. The van der Waals surface area contributed by atoms with Gasteiger partial charge in [-0.05, 0) is 31.7 Å². The normalized spacial score (nSPS) is 19.0. The van der Waals surface area contributed by atoms with Gasteiger partial charge in [-0.3, -0.25) is 9.59 Å². The molecular weight excluding hydrogens is 324 g/mol. The van der Waals surface area contributed by atoms with E-state index < -0.39 is 0 Å². The Morgan fingerprint density at radius 3 is 2.88 bits per heavy atom. The molecule has 6 heteroatoms. The average Bonchev–Trinajstić information content (AvgIpc) is 2.60. The van der Waals surface area contributed by atoms with Crippen LogP contribution in [-0.4, -0.2) is 60.6 Å². The zero-order valence-corrected chi connectivity index (χ0v) is 15.4. The molecule has 1 aromatic carbocycles. The number of carbonyl (C=O) groups is 2. The molecule has 5 nitrogen and oxygen atoms in total. The fourth-order valence-electron chi connectivity index (χ4n) is 2.76. The predicted octanol–water partition coefficient (Wildman–Crippen LogP) is 2.09. The molecule has 1 saturated heterocycles. The van der Waals surface area contributed by atoms with Crippen LogP contribution in [-0.2, 0) is 9.53 Å². The van der Waals surface area contributed by atoms with Gasteiger partial charge in [-0.15, -0.1) is 0 Å². The van der Waals surface area contributed by atoms with Gasteiger partial charge in [0.2, 0.25) is 5.91 Å². The van der Waals surface area contributed by atoms with E-state index in [1.807, 2.05) is 49.3 Å². The third-order valence-corrected chi connectivity index (χ3v) is 4.85. The Morgan fingerprint density at radius 1 is 1.42 bits per heavy atom. The number of benzene rings is 1. The first-order valence-electron chi connectivity index (χ1n) is 8.27. The van der Waals surface area contributed by atoms with E-state index in [1.165, 1.54) is 0 Å². The molecule has 1 aliphatic rings. The van der Waals surface area contributed by atoms with Crippen LogP contribution in [0.1, 0.15) is 29.3 Å². The zero-order chi connectivity index (χ0) is 17.5. The minimum absolute atomic E-state index is 0.0299. The van der Waals surface area contributed by atoms with Gasteiger partial charge in [-0.1, -0.05) is 18.2 Å². The molecule has 1 N–H and O–H groups in total. The minimum atomic E-state index is -0.176. The SMILES string of the molecule is CSCCC(=O)NC(C)C1CN(C(=O)c2ccccc2C)CCO1. The molecule has 0 aromatic heterocycles. The second-order valence-corrected chi connectivity index (χ2v) is 7.06. The summed E-state index contributed by atoms with van der Waals surface area (Å²) in [5.74, 6) is 0.868.